The third kappa shape index (κ3) is 4.96. The first kappa shape index (κ1) is 15.5. The van der Waals surface area contributed by atoms with E-state index in [-0.39, 0.29) is 5.54 Å². The molecule has 0 bridgehead atoms. The second-order valence-corrected chi connectivity index (χ2v) is 5.84. The van der Waals surface area contributed by atoms with Gasteiger partial charge in [-0.2, -0.15) is 5.26 Å². The largest absolute Gasteiger partial charge is 0.303 e. The molecule has 3 heteroatoms. The summed E-state index contributed by atoms with van der Waals surface area (Å²) in [7, 11) is 0. The monoisotopic (exact) mass is 251 g/mol. The minimum absolute atomic E-state index is 0.333. The molecule has 104 valence electrons. The smallest absolute Gasteiger partial charge is 0.103 e. The fourth-order valence-corrected chi connectivity index (χ4v) is 2.69. The Morgan fingerprint density at radius 3 is 2.78 bits per heavy atom. The van der Waals surface area contributed by atoms with Crippen LogP contribution in [0.1, 0.15) is 52.9 Å². The molecule has 0 aromatic rings. The molecule has 1 aliphatic rings. The third-order valence-corrected chi connectivity index (χ3v) is 4.11. The molecule has 0 radical (unpaired) electrons. The zero-order valence-electron chi connectivity index (χ0n) is 12.3. The van der Waals surface area contributed by atoms with E-state index in [0.29, 0.717) is 0 Å². The maximum Gasteiger partial charge on any atom is 0.103 e. The summed E-state index contributed by atoms with van der Waals surface area (Å²) in [6.45, 7) is 11.1. The fourth-order valence-electron chi connectivity index (χ4n) is 2.69. The highest BCUT2D eigenvalue weighted by Gasteiger charge is 2.24. The van der Waals surface area contributed by atoms with Gasteiger partial charge in [-0.3, -0.25) is 5.32 Å². The normalized spacial score (nSPS) is 23.8. The molecular weight excluding hydrogens is 222 g/mol. The summed E-state index contributed by atoms with van der Waals surface area (Å²) >= 11 is 0. The molecule has 1 saturated heterocycles. The first-order chi connectivity index (χ1) is 8.63. The molecule has 1 N–H and O–H groups in total. The maximum atomic E-state index is 9.26. The van der Waals surface area contributed by atoms with Crippen molar-refractivity contribution < 1.29 is 0 Å². The predicted octanol–water partition coefficient (Wildman–Crippen LogP) is 2.78. The van der Waals surface area contributed by atoms with E-state index in [1.807, 2.05) is 6.92 Å². The standard InChI is InChI=1S/C15H29N3/c1-4-9-17-15(3,13-16)8-6-10-18-11-7-14(5-2)12-18/h14,17H,4-12H2,1-3H3. The minimum atomic E-state index is -0.333. The van der Waals surface area contributed by atoms with Crippen LogP contribution < -0.4 is 5.32 Å². The van der Waals surface area contributed by atoms with Gasteiger partial charge in [-0.1, -0.05) is 20.3 Å². The van der Waals surface area contributed by atoms with E-state index in [9.17, 15) is 5.26 Å². The Balaban J connectivity index is 2.21. The van der Waals surface area contributed by atoms with Crippen molar-refractivity contribution in [1.29, 1.82) is 5.26 Å². The van der Waals surface area contributed by atoms with E-state index in [0.717, 1.165) is 38.3 Å². The molecule has 0 amide bonds. The molecular formula is C15H29N3. The van der Waals surface area contributed by atoms with Gasteiger partial charge in [0.15, 0.2) is 0 Å². The molecule has 0 saturated carbocycles. The van der Waals surface area contributed by atoms with Gasteiger partial charge in [-0.05, 0) is 58.2 Å². The lowest BCUT2D eigenvalue weighted by Gasteiger charge is -2.24. The molecule has 1 aliphatic heterocycles. The van der Waals surface area contributed by atoms with Crippen LogP contribution in [-0.2, 0) is 0 Å². The van der Waals surface area contributed by atoms with Gasteiger partial charge >= 0.3 is 0 Å². The Hall–Kier alpha value is -0.590. The molecule has 0 aliphatic carbocycles. The molecule has 1 heterocycles. The summed E-state index contributed by atoms with van der Waals surface area (Å²) in [6, 6.07) is 2.43. The van der Waals surface area contributed by atoms with Crippen LogP contribution >= 0.6 is 0 Å². The summed E-state index contributed by atoms with van der Waals surface area (Å²) in [6.07, 6.45) is 5.83. The molecule has 2 unspecified atom stereocenters. The zero-order chi connectivity index (χ0) is 13.4. The van der Waals surface area contributed by atoms with Crippen molar-refractivity contribution in [3.8, 4) is 6.07 Å². The van der Waals surface area contributed by atoms with Crippen LogP contribution in [0.5, 0.6) is 0 Å². The lowest BCUT2D eigenvalue weighted by Crippen LogP contribution is -2.41. The van der Waals surface area contributed by atoms with Crippen molar-refractivity contribution >= 4 is 0 Å². The first-order valence-electron chi connectivity index (χ1n) is 7.52. The Labute approximate surface area is 113 Å². The quantitative estimate of drug-likeness (QED) is 0.721. The van der Waals surface area contributed by atoms with Gasteiger partial charge in [0.25, 0.3) is 0 Å². The number of nitrogens with zero attached hydrogens (tertiary/aromatic N) is 2. The van der Waals surface area contributed by atoms with E-state index in [2.05, 4.69) is 30.1 Å². The third-order valence-electron chi connectivity index (χ3n) is 4.11. The van der Waals surface area contributed by atoms with Crippen molar-refractivity contribution in [2.75, 3.05) is 26.2 Å². The van der Waals surface area contributed by atoms with E-state index < -0.39 is 0 Å². The van der Waals surface area contributed by atoms with Gasteiger partial charge in [0.05, 0.1) is 6.07 Å². The topological polar surface area (TPSA) is 39.1 Å². The molecule has 2 atom stereocenters. The van der Waals surface area contributed by atoms with Crippen molar-refractivity contribution in [2.45, 2.75) is 58.4 Å². The number of nitrogens with one attached hydrogen (secondary N) is 1. The molecule has 18 heavy (non-hydrogen) atoms. The van der Waals surface area contributed by atoms with E-state index in [4.69, 9.17) is 0 Å². The fraction of sp³-hybridized carbons (Fsp3) is 0.933. The van der Waals surface area contributed by atoms with Crippen LogP contribution in [0.25, 0.3) is 0 Å². The van der Waals surface area contributed by atoms with Crippen molar-refractivity contribution in [3.05, 3.63) is 0 Å². The number of hydrogen-bond donors (Lipinski definition) is 1. The number of hydrogen-bond acceptors (Lipinski definition) is 3. The van der Waals surface area contributed by atoms with Crippen LogP contribution in [0.2, 0.25) is 0 Å². The Bertz CT molecular complexity index is 271. The average Bonchev–Trinajstić information content (AvgIpc) is 2.84. The van der Waals surface area contributed by atoms with Crippen molar-refractivity contribution in [1.82, 2.24) is 10.2 Å². The van der Waals surface area contributed by atoms with Crippen molar-refractivity contribution in [3.63, 3.8) is 0 Å². The molecule has 1 rings (SSSR count). The van der Waals surface area contributed by atoms with E-state index >= 15 is 0 Å². The van der Waals surface area contributed by atoms with Crippen LogP contribution in [0.4, 0.5) is 0 Å². The molecule has 3 nitrogen and oxygen atoms in total. The van der Waals surface area contributed by atoms with Crippen LogP contribution in [0.3, 0.4) is 0 Å². The first-order valence-corrected chi connectivity index (χ1v) is 7.52. The molecule has 0 spiro atoms. The van der Waals surface area contributed by atoms with Gasteiger partial charge in [0, 0.05) is 6.54 Å². The Morgan fingerprint density at radius 2 is 2.22 bits per heavy atom. The number of nitriles is 1. The van der Waals surface area contributed by atoms with Gasteiger partial charge < -0.3 is 4.90 Å². The summed E-state index contributed by atoms with van der Waals surface area (Å²) in [5.74, 6) is 0.908. The second-order valence-electron chi connectivity index (χ2n) is 5.84. The van der Waals surface area contributed by atoms with Gasteiger partial charge in [0.2, 0.25) is 0 Å². The second kappa shape index (κ2) is 7.76. The van der Waals surface area contributed by atoms with Crippen LogP contribution in [-0.4, -0.2) is 36.6 Å². The summed E-state index contributed by atoms with van der Waals surface area (Å²) < 4.78 is 0. The maximum absolute atomic E-state index is 9.26. The lowest BCUT2D eigenvalue weighted by atomic mass is 9.97. The van der Waals surface area contributed by atoms with Gasteiger partial charge in [0.1, 0.15) is 5.54 Å². The summed E-state index contributed by atoms with van der Waals surface area (Å²) in [5.41, 5.74) is -0.333. The number of rotatable bonds is 8. The highest BCUT2D eigenvalue weighted by molar-refractivity contribution is 5.03. The molecule has 1 fully saturated rings. The van der Waals surface area contributed by atoms with Gasteiger partial charge in [-0.15, -0.1) is 0 Å². The lowest BCUT2D eigenvalue weighted by molar-refractivity contribution is 0.296. The molecule has 0 aromatic heterocycles. The van der Waals surface area contributed by atoms with Crippen LogP contribution in [0.15, 0.2) is 0 Å². The summed E-state index contributed by atoms with van der Waals surface area (Å²) in [5, 5.41) is 12.6. The Morgan fingerprint density at radius 1 is 1.44 bits per heavy atom. The summed E-state index contributed by atoms with van der Waals surface area (Å²) in [4.78, 5) is 2.56. The minimum Gasteiger partial charge on any atom is -0.303 e. The van der Waals surface area contributed by atoms with Crippen molar-refractivity contribution in [2.24, 2.45) is 5.92 Å². The van der Waals surface area contributed by atoms with Crippen LogP contribution in [0, 0.1) is 17.2 Å². The average molecular weight is 251 g/mol. The highest BCUT2D eigenvalue weighted by Crippen LogP contribution is 2.20. The Kier molecular flexibility index (Phi) is 6.67. The zero-order valence-corrected chi connectivity index (χ0v) is 12.3. The highest BCUT2D eigenvalue weighted by atomic mass is 15.1. The van der Waals surface area contributed by atoms with E-state index in [1.165, 1.54) is 25.9 Å². The number of likely N-dealkylation sites (tertiary alicyclic amines) is 1. The van der Waals surface area contributed by atoms with E-state index in [1.54, 1.807) is 0 Å². The predicted molar refractivity (Wildman–Crippen MR) is 76.4 cm³/mol. The SMILES string of the molecule is CCCNC(C)(C#N)CCCN1CCC(CC)C1. The van der Waals surface area contributed by atoms with Gasteiger partial charge in [-0.25, -0.2) is 0 Å². The molecule has 0 aromatic carbocycles.